The van der Waals surface area contributed by atoms with Crippen molar-refractivity contribution in [1.82, 2.24) is 4.98 Å². The molecular weight excluding hydrogens is 272 g/mol. The van der Waals surface area contributed by atoms with E-state index in [1.165, 1.54) is 0 Å². The monoisotopic (exact) mass is 284 g/mol. The van der Waals surface area contributed by atoms with Gasteiger partial charge >= 0.3 is 0 Å². The third kappa shape index (κ3) is 1.96. The molecule has 2 aromatic carbocycles. The smallest absolute Gasteiger partial charge is 0.265 e. The van der Waals surface area contributed by atoms with Crippen molar-refractivity contribution >= 4 is 28.4 Å². The van der Waals surface area contributed by atoms with Gasteiger partial charge in [-0.3, -0.25) is 4.79 Å². The predicted molar refractivity (Wildman–Crippen MR) is 82.0 cm³/mol. The highest BCUT2D eigenvalue weighted by molar-refractivity contribution is 6.31. The van der Waals surface area contributed by atoms with Crippen LogP contribution in [0.3, 0.4) is 0 Å². The third-order valence-electron chi connectivity index (χ3n) is 3.42. The van der Waals surface area contributed by atoms with E-state index < -0.39 is 5.91 Å². The van der Waals surface area contributed by atoms with Gasteiger partial charge in [0.1, 0.15) is 5.69 Å². The largest absolute Gasteiger partial charge is 0.364 e. The van der Waals surface area contributed by atoms with Gasteiger partial charge in [-0.15, -0.1) is 0 Å². The Balaban J connectivity index is 2.43. The van der Waals surface area contributed by atoms with Crippen molar-refractivity contribution in [3.05, 3.63) is 58.7 Å². The number of aryl methyl sites for hydroxylation is 1. The topological polar surface area (TPSA) is 58.9 Å². The summed E-state index contributed by atoms with van der Waals surface area (Å²) in [5.74, 6) is -0.476. The number of nitrogens with one attached hydrogen (secondary N) is 1. The van der Waals surface area contributed by atoms with Crippen LogP contribution in [0, 0.1) is 6.92 Å². The maximum Gasteiger partial charge on any atom is 0.265 e. The quantitative estimate of drug-likeness (QED) is 0.737. The molecule has 0 radical (unpaired) electrons. The lowest BCUT2D eigenvalue weighted by Gasteiger charge is -2.06. The second-order valence-electron chi connectivity index (χ2n) is 4.74. The Bertz CT molecular complexity index is 820. The lowest BCUT2D eigenvalue weighted by atomic mass is 9.97. The summed E-state index contributed by atoms with van der Waals surface area (Å²) in [6, 6.07) is 13.4. The normalized spacial score (nSPS) is 10.9. The van der Waals surface area contributed by atoms with E-state index >= 15 is 0 Å². The number of carbonyl (C=O) groups excluding carboxylic acids is 1. The molecule has 0 bridgehead atoms. The number of aromatic nitrogens is 1. The highest BCUT2D eigenvalue weighted by atomic mass is 35.5. The second-order valence-corrected chi connectivity index (χ2v) is 5.18. The Morgan fingerprint density at radius 2 is 1.95 bits per heavy atom. The number of nitrogens with two attached hydrogens (primary N) is 1. The fraction of sp³-hybridized carbons (Fsp3) is 0.0625. The molecule has 0 unspecified atom stereocenters. The fourth-order valence-electron chi connectivity index (χ4n) is 2.48. The van der Waals surface area contributed by atoms with E-state index in [1.807, 2.05) is 43.3 Å². The molecule has 100 valence electrons. The summed E-state index contributed by atoms with van der Waals surface area (Å²) >= 11 is 6.08. The van der Waals surface area contributed by atoms with Gasteiger partial charge in [-0.2, -0.15) is 0 Å². The number of fused-ring (bicyclic) bond motifs is 1. The average Bonchev–Trinajstić information content (AvgIpc) is 2.78. The Kier molecular flexibility index (Phi) is 2.99. The minimum absolute atomic E-state index is 0.413. The van der Waals surface area contributed by atoms with E-state index in [9.17, 15) is 4.79 Å². The molecule has 0 spiro atoms. The van der Waals surface area contributed by atoms with Crippen molar-refractivity contribution in [2.75, 3.05) is 0 Å². The van der Waals surface area contributed by atoms with Crippen LogP contribution >= 0.6 is 11.6 Å². The summed E-state index contributed by atoms with van der Waals surface area (Å²) in [4.78, 5) is 14.8. The highest BCUT2D eigenvalue weighted by Gasteiger charge is 2.18. The van der Waals surface area contributed by atoms with Crippen molar-refractivity contribution in [1.29, 1.82) is 0 Å². The first-order chi connectivity index (χ1) is 9.58. The first-order valence-electron chi connectivity index (χ1n) is 6.25. The Labute approximate surface area is 121 Å². The van der Waals surface area contributed by atoms with E-state index in [4.69, 9.17) is 17.3 Å². The molecule has 1 heterocycles. The average molecular weight is 285 g/mol. The van der Waals surface area contributed by atoms with E-state index in [0.29, 0.717) is 10.7 Å². The number of halogens is 1. The SMILES string of the molecule is Cc1ccccc1-c1c(C(N)=O)[nH]c2ccc(Cl)cc12. The molecule has 1 aromatic heterocycles. The third-order valence-corrected chi connectivity index (χ3v) is 3.66. The van der Waals surface area contributed by atoms with E-state index in [-0.39, 0.29) is 0 Å². The number of primary amides is 1. The van der Waals surface area contributed by atoms with Crippen LogP contribution in [0.2, 0.25) is 5.02 Å². The number of H-pyrrole nitrogens is 1. The van der Waals surface area contributed by atoms with Crippen LogP contribution in [0.4, 0.5) is 0 Å². The van der Waals surface area contributed by atoms with Crippen molar-refractivity contribution < 1.29 is 4.79 Å². The van der Waals surface area contributed by atoms with E-state index in [2.05, 4.69) is 4.98 Å². The molecule has 20 heavy (non-hydrogen) atoms. The molecule has 0 aliphatic carbocycles. The molecule has 0 aliphatic rings. The minimum Gasteiger partial charge on any atom is -0.364 e. The highest BCUT2D eigenvalue weighted by Crippen LogP contribution is 2.35. The molecular formula is C16H13ClN2O. The maximum atomic E-state index is 11.7. The van der Waals surface area contributed by atoms with E-state index in [1.54, 1.807) is 6.07 Å². The summed E-state index contributed by atoms with van der Waals surface area (Å²) in [6.45, 7) is 2.00. The first-order valence-corrected chi connectivity index (χ1v) is 6.63. The molecule has 0 saturated heterocycles. The van der Waals surface area contributed by atoms with Crippen molar-refractivity contribution in [3.63, 3.8) is 0 Å². The number of aromatic amines is 1. The van der Waals surface area contributed by atoms with Crippen LogP contribution in [0.25, 0.3) is 22.0 Å². The summed E-state index contributed by atoms with van der Waals surface area (Å²) in [7, 11) is 0. The number of benzene rings is 2. The summed E-state index contributed by atoms with van der Waals surface area (Å²) < 4.78 is 0. The van der Waals surface area contributed by atoms with Gasteiger partial charge in [0.15, 0.2) is 0 Å². The Hall–Kier alpha value is -2.26. The van der Waals surface area contributed by atoms with Gasteiger partial charge in [-0.25, -0.2) is 0 Å². The second kappa shape index (κ2) is 4.69. The van der Waals surface area contributed by atoms with Crippen LogP contribution in [-0.2, 0) is 0 Å². The van der Waals surface area contributed by atoms with Crippen LogP contribution in [0.15, 0.2) is 42.5 Å². The molecule has 3 aromatic rings. The first kappa shape index (κ1) is 12.8. The van der Waals surface area contributed by atoms with Crippen molar-refractivity contribution in [3.8, 4) is 11.1 Å². The summed E-state index contributed by atoms with van der Waals surface area (Å²) in [5, 5.41) is 1.53. The molecule has 0 saturated carbocycles. The zero-order chi connectivity index (χ0) is 14.3. The van der Waals surface area contributed by atoms with Gasteiger partial charge in [-0.05, 0) is 36.2 Å². The summed E-state index contributed by atoms with van der Waals surface area (Å²) in [5.41, 5.74) is 9.64. The van der Waals surface area contributed by atoms with Gasteiger partial charge in [-0.1, -0.05) is 35.9 Å². The number of hydrogen-bond donors (Lipinski definition) is 2. The Morgan fingerprint density at radius 1 is 1.20 bits per heavy atom. The number of hydrogen-bond acceptors (Lipinski definition) is 1. The summed E-state index contributed by atoms with van der Waals surface area (Å²) in [6.07, 6.45) is 0. The molecule has 0 fully saturated rings. The maximum absolute atomic E-state index is 11.7. The Morgan fingerprint density at radius 3 is 2.65 bits per heavy atom. The molecule has 3 rings (SSSR count). The zero-order valence-corrected chi connectivity index (χ0v) is 11.7. The van der Waals surface area contributed by atoms with Crippen molar-refractivity contribution in [2.45, 2.75) is 6.92 Å². The standard InChI is InChI=1S/C16H13ClN2O/c1-9-4-2-3-5-11(9)14-12-8-10(17)6-7-13(12)19-15(14)16(18)20/h2-8,19H,1H3,(H2,18,20). The van der Waals surface area contributed by atoms with Gasteiger partial charge in [0.05, 0.1) is 0 Å². The molecule has 3 nitrogen and oxygen atoms in total. The zero-order valence-electron chi connectivity index (χ0n) is 10.9. The fourth-order valence-corrected chi connectivity index (χ4v) is 2.65. The van der Waals surface area contributed by atoms with Gasteiger partial charge in [0.2, 0.25) is 0 Å². The van der Waals surface area contributed by atoms with Crippen LogP contribution in [0.1, 0.15) is 16.1 Å². The van der Waals surface area contributed by atoms with Crippen molar-refractivity contribution in [2.24, 2.45) is 5.73 Å². The molecule has 1 amide bonds. The van der Waals surface area contributed by atoms with E-state index in [0.717, 1.165) is 27.6 Å². The molecule has 0 atom stereocenters. The predicted octanol–water partition coefficient (Wildman–Crippen LogP) is 3.90. The minimum atomic E-state index is -0.476. The van der Waals surface area contributed by atoms with Gasteiger partial charge in [0.25, 0.3) is 5.91 Å². The number of amides is 1. The van der Waals surface area contributed by atoms with Crippen LogP contribution in [0.5, 0.6) is 0 Å². The van der Waals surface area contributed by atoms with Gasteiger partial charge in [0, 0.05) is 21.5 Å². The number of carbonyl (C=O) groups is 1. The van der Waals surface area contributed by atoms with Crippen LogP contribution in [-0.4, -0.2) is 10.9 Å². The molecule has 0 aliphatic heterocycles. The lowest BCUT2D eigenvalue weighted by molar-refractivity contribution is 0.0997. The molecule has 4 heteroatoms. The van der Waals surface area contributed by atoms with Crippen LogP contribution < -0.4 is 5.73 Å². The number of rotatable bonds is 2. The molecule has 3 N–H and O–H groups in total. The lowest BCUT2D eigenvalue weighted by Crippen LogP contribution is -2.12. The van der Waals surface area contributed by atoms with Gasteiger partial charge < -0.3 is 10.7 Å².